The molecule has 32 heavy (non-hydrogen) atoms. The minimum absolute atomic E-state index is 0.0622. The third-order valence-electron chi connectivity index (χ3n) is 5.24. The average Bonchev–Trinajstić information content (AvgIpc) is 3.10. The van der Waals surface area contributed by atoms with Gasteiger partial charge >= 0.3 is 12.1 Å². The maximum atomic E-state index is 12.8. The quantitative estimate of drug-likeness (QED) is 0.655. The number of carbonyl (C=O) groups excluding carboxylic acids is 3. The number of esters is 1. The second kappa shape index (κ2) is 9.20. The van der Waals surface area contributed by atoms with Crippen LogP contribution in [-0.4, -0.2) is 30.9 Å². The van der Waals surface area contributed by atoms with Gasteiger partial charge in [0.15, 0.2) is 6.61 Å². The minimum atomic E-state index is -4.60. The molecule has 0 radical (unpaired) electrons. The molecule has 2 amide bonds. The Morgan fingerprint density at radius 3 is 2.62 bits per heavy atom. The molecule has 0 aliphatic carbocycles. The van der Waals surface area contributed by atoms with Gasteiger partial charge in [-0.25, -0.2) is 0 Å². The number of halogens is 4. The van der Waals surface area contributed by atoms with Crippen molar-refractivity contribution in [2.24, 2.45) is 5.92 Å². The van der Waals surface area contributed by atoms with E-state index in [-0.39, 0.29) is 29.6 Å². The molecule has 1 N–H and O–H groups in total. The lowest BCUT2D eigenvalue weighted by Gasteiger charge is -2.20. The van der Waals surface area contributed by atoms with Crippen molar-refractivity contribution in [2.75, 3.05) is 23.4 Å². The fourth-order valence-corrected chi connectivity index (χ4v) is 3.53. The van der Waals surface area contributed by atoms with E-state index in [0.717, 1.165) is 23.3 Å². The number of nitrogens with zero attached hydrogens (tertiary/aromatic N) is 1. The number of anilines is 2. The number of hydrogen-bond donors (Lipinski definition) is 1. The van der Waals surface area contributed by atoms with Crippen molar-refractivity contribution in [3.05, 3.63) is 58.1 Å². The van der Waals surface area contributed by atoms with Crippen molar-refractivity contribution in [3.63, 3.8) is 0 Å². The van der Waals surface area contributed by atoms with Crippen LogP contribution in [0.15, 0.2) is 36.4 Å². The van der Waals surface area contributed by atoms with E-state index in [0.29, 0.717) is 11.8 Å². The van der Waals surface area contributed by atoms with Crippen molar-refractivity contribution in [2.45, 2.75) is 26.4 Å². The van der Waals surface area contributed by atoms with Crippen molar-refractivity contribution in [1.82, 2.24) is 0 Å². The number of rotatable bonds is 5. The number of alkyl halides is 3. The summed E-state index contributed by atoms with van der Waals surface area (Å²) < 4.78 is 43.5. The largest absolute Gasteiger partial charge is 0.455 e. The number of hydrogen-bond acceptors (Lipinski definition) is 4. The van der Waals surface area contributed by atoms with Crippen molar-refractivity contribution < 1.29 is 32.3 Å². The lowest BCUT2D eigenvalue weighted by atomic mass is 10.1. The molecule has 1 fully saturated rings. The maximum absolute atomic E-state index is 12.8. The van der Waals surface area contributed by atoms with E-state index in [1.54, 1.807) is 6.07 Å². The lowest BCUT2D eigenvalue weighted by Crippen LogP contribution is -2.28. The van der Waals surface area contributed by atoms with Gasteiger partial charge in [0.05, 0.1) is 22.2 Å². The van der Waals surface area contributed by atoms with Crippen molar-refractivity contribution in [1.29, 1.82) is 0 Å². The van der Waals surface area contributed by atoms with Gasteiger partial charge in [-0.15, -0.1) is 0 Å². The SMILES string of the molecule is Cc1cccc(N2C[C@@H](C(=O)OCC(=O)Nc3cc(C(F)(F)F)ccc3Cl)CC2=O)c1C. The maximum Gasteiger partial charge on any atom is 0.416 e. The van der Waals surface area contributed by atoms with Crippen LogP contribution in [0, 0.1) is 19.8 Å². The van der Waals surface area contributed by atoms with E-state index in [9.17, 15) is 27.6 Å². The lowest BCUT2D eigenvalue weighted by molar-refractivity contribution is -0.151. The van der Waals surface area contributed by atoms with Crippen LogP contribution in [0.2, 0.25) is 5.02 Å². The zero-order valence-corrected chi connectivity index (χ0v) is 18.0. The Labute approximate surface area is 187 Å². The fraction of sp³-hybridized carbons (Fsp3) is 0.318. The van der Waals surface area contributed by atoms with E-state index >= 15 is 0 Å². The summed E-state index contributed by atoms with van der Waals surface area (Å²) in [4.78, 5) is 38.4. The Hall–Kier alpha value is -3.07. The number of aryl methyl sites for hydroxylation is 1. The number of carbonyl (C=O) groups is 3. The molecule has 0 bridgehead atoms. The van der Waals surface area contributed by atoms with Gasteiger partial charge in [0, 0.05) is 18.7 Å². The Kier molecular flexibility index (Phi) is 6.78. The minimum Gasteiger partial charge on any atom is -0.455 e. The summed E-state index contributed by atoms with van der Waals surface area (Å²) in [5.74, 6) is -2.58. The second-order valence-electron chi connectivity index (χ2n) is 7.47. The molecule has 1 saturated heterocycles. The standard InChI is InChI=1S/C22H20ClF3N2O4/c1-12-4-3-5-18(13(12)2)28-10-14(8-20(28)30)21(31)32-11-19(29)27-17-9-15(22(24,25)26)6-7-16(17)23/h3-7,9,14H,8,10-11H2,1-2H3,(H,27,29)/t14-/m0/s1. The molecule has 0 spiro atoms. The van der Waals surface area contributed by atoms with Gasteiger partial charge in [-0.1, -0.05) is 23.7 Å². The summed E-state index contributed by atoms with van der Waals surface area (Å²) in [6.07, 6.45) is -4.67. The first-order valence-electron chi connectivity index (χ1n) is 9.67. The fourth-order valence-electron chi connectivity index (χ4n) is 3.36. The summed E-state index contributed by atoms with van der Waals surface area (Å²) >= 11 is 5.84. The van der Waals surface area contributed by atoms with Gasteiger partial charge in [0.1, 0.15) is 0 Å². The highest BCUT2D eigenvalue weighted by molar-refractivity contribution is 6.33. The normalized spacial score (nSPS) is 16.2. The molecule has 1 heterocycles. The first kappa shape index (κ1) is 23.6. The molecule has 2 aromatic rings. The average molecular weight is 469 g/mol. The van der Waals surface area contributed by atoms with Crippen LogP contribution in [0.25, 0.3) is 0 Å². The molecule has 1 aliphatic rings. The van der Waals surface area contributed by atoms with Gasteiger partial charge in [-0.05, 0) is 49.2 Å². The Bertz CT molecular complexity index is 1070. The number of amides is 2. The third kappa shape index (κ3) is 5.21. The molecule has 1 atom stereocenters. The number of nitrogens with one attached hydrogen (secondary N) is 1. The summed E-state index contributed by atoms with van der Waals surface area (Å²) in [5, 5.41) is 2.11. The molecule has 0 aromatic heterocycles. The molecular formula is C22H20ClF3N2O4. The first-order valence-corrected chi connectivity index (χ1v) is 10.0. The summed E-state index contributed by atoms with van der Waals surface area (Å²) in [5.41, 5.74) is 1.41. The molecule has 3 rings (SSSR count). The molecule has 10 heteroatoms. The van der Waals surface area contributed by atoms with Crippen LogP contribution >= 0.6 is 11.6 Å². The van der Waals surface area contributed by atoms with Crippen molar-refractivity contribution in [3.8, 4) is 0 Å². The van der Waals surface area contributed by atoms with Gasteiger partial charge in [0.25, 0.3) is 5.91 Å². The monoisotopic (exact) mass is 468 g/mol. The zero-order valence-electron chi connectivity index (χ0n) is 17.3. The second-order valence-corrected chi connectivity index (χ2v) is 7.88. The summed E-state index contributed by atoms with van der Waals surface area (Å²) in [6.45, 7) is 3.19. The number of benzene rings is 2. The highest BCUT2D eigenvalue weighted by Gasteiger charge is 2.37. The molecular weight excluding hydrogens is 449 g/mol. The van der Waals surface area contributed by atoms with Crippen LogP contribution in [0.1, 0.15) is 23.1 Å². The van der Waals surface area contributed by atoms with Crippen LogP contribution in [0.4, 0.5) is 24.5 Å². The van der Waals surface area contributed by atoms with Crippen LogP contribution in [0.5, 0.6) is 0 Å². The molecule has 1 aliphatic heterocycles. The van der Waals surface area contributed by atoms with E-state index < -0.39 is 36.1 Å². The predicted molar refractivity (Wildman–Crippen MR) is 112 cm³/mol. The molecule has 170 valence electrons. The van der Waals surface area contributed by atoms with Gasteiger partial charge in [-0.3, -0.25) is 14.4 Å². The van der Waals surface area contributed by atoms with E-state index in [4.69, 9.17) is 16.3 Å². The Balaban J connectivity index is 1.59. The van der Waals surface area contributed by atoms with Gasteiger partial charge in [-0.2, -0.15) is 13.2 Å². The Morgan fingerprint density at radius 2 is 1.94 bits per heavy atom. The molecule has 2 aromatic carbocycles. The molecule has 0 unspecified atom stereocenters. The Morgan fingerprint density at radius 1 is 1.22 bits per heavy atom. The summed E-state index contributed by atoms with van der Waals surface area (Å²) in [6, 6.07) is 8.02. The van der Waals surface area contributed by atoms with E-state index in [1.165, 1.54) is 4.90 Å². The van der Waals surface area contributed by atoms with Crippen LogP contribution in [-0.2, 0) is 25.3 Å². The highest BCUT2D eigenvalue weighted by Crippen LogP contribution is 2.34. The van der Waals surface area contributed by atoms with Crippen molar-refractivity contribution >= 4 is 40.8 Å². The summed E-state index contributed by atoms with van der Waals surface area (Å²) in [7, 11) is 0. The zero-order chi connectivity index (χ0) is 23.6. The molecule has 0 saturated carbocycles. The van der Waals surface area contributed by atoms with E-state index in [2.05, 4.69) is 5.32 Å². The van der Waals surface area contributed by atoms with Gasteiger partial charge in [0.2, 0.25) is 5.91 Å². The predicted octanol–water partition coefficient (Wildman–Crippen LogP) is 4.51. The highest BCUT2D eigenvalue weighted by atomic mass is 35.5. The van der Waals surface area contributed by atoms with Crippen LogP contribution < -0.4 is 10.2 Å². The van der Waals surface area contributed by atoms with Gasteiger partial charge < -0.3 is 15.0 Å². The topological polar surface area (TPSA) is 75.7 Å². The smallest absolute Gasteiger partial charge is 0.416 e. The van der Waals surface area contributed by atoms with E-state index in [1.807, 2.05) is 26.0 Å². The van der Waals surface area contributed by atoms with Crippen LogP contribution in [0.3, 0.4) is 0 Å². The first-order chi connectivity index (χ1) is 15.0. The molecule has 6 nitrogen and oxygen atoms in total. The number of ether oxygens (including phenoxy) is 1. The third-order valence-corrected chi connectivity index (χ3v) is 5.57.